The van der Waals surface area contributed by atoms with Crippen LogP contribution in [0.15, 0.2) is 51.6 Å². The second kappa shape index (κ2) is 6.99. The topological polar surface area (TPSA) is 71.5 Å². The van der Waals surface area contributed by atoms with Crippen LogP contribution in [0.5, 0.6) is 0 Å². The molecule has 27 heavy (non-hydrogen) atoms. The van der Waals surface area contributed by atoms with Crippen molar-refractivity contribution < 1.29 is 16.8 Å². The second-order valence-electron chi connectivity index (χ2n) is 7.25. The lowest BCUT2D eigenvalue weighted by molar-refractivity contribution is 0.249. The average molecular weight is 426 g/mol. The summed E-state index contributed by atoms with van der Waals surface area (Å²) in [5.41, 5.74) is 0. The van der Waals surface area contributed by atoms with Crippen LogP contribution < -0.4 is 0 Å². The van der Waals surface area contributed by atoms with Crippen LogP contribution in [0.1, 0.15) is 37.5 Å². The Kier molecular flexibility index (Phi) is 4.95. The van der Waals surface area contributed by atoms with Crippen molar-refractivity contribution in [3.8, 4) is 0 Å². The molecule has 8 heteroatoms. The summed E-state index contributed by atoms with van der Waals surface area (Å²) in [5.74, 6) is 0. The number of rotatable bonds is 5. The Labute approximate surface area is 165 Å². The van der Waals surface area contributed by atoms with Crippen LogP contribution in [0.3, 0.4) is 0 Å². The molecule has 2 saturated heterocycles. The van der Waals surface area contributed by atoms with E-state index in [1.54, 1.807) is 40.7 Å². The van der Waals surface area contributed by atoms with Crippen LogP contribution in [0.2, 0.25) is 0 Å². The Morgan fingerprint density at radius 3 is 2.15 bits per heavy atom. The molecule has 0 radical (unpaired) electrons. The molecule has 0 saturated carbocycles. The van der Waals surface area contributed by atoms with Crippen LogP contribution in [0, 0.1) is 0 Å². The van der Waals surface area contributed by atoms with Gasteiger partial charge in [-0.1, -0.05) is 25.1 Å². The molecule has 0 unspecified atom stereocenters. The van der Waals surface area contributed by atoms with Crippen LogP contribution in [0.25, 0.3) is 0 Å². The Hall–Kier alpha value is -1.22. The van der Waals surface area contributed by atoms with Crippen LogP contribution >= 0.6 is 11.3 Å². The molecule has 5 nitrogen and oxygen atoms in total. The number of thiophene rings is 1. The molecule has 0 spiro atoms. The first-order chi connectivity index (χ1) is 12.8. The third-order valence-electron chi connectivity index (χ3n) is 5.65. The summed E-state index contributed by atoms with van der Waals surface area (Å²) in [6.45, 7) is 2.01. The van der Waals surface area contributed by atoms with Gasteiger partial charge < -0.3 is 0 Å². The molecule has 4 rings (SSSR count). The average Bonchev–Trinajstić information content (AvgIpc) is 3.26. The van der Waals surface area contributed by atoms with Gasteiger partial charge in [0.1, 0.15) is 4.21 Å². The number of nitrogens with zero attached hydrogens (tertiary/aromatic N) is 1. The zero-order valence-corrected chi connectivity index (χ0v) is 17.6. The largest absolute Gasteiger partial charge is 0.253 e. The molecule has 3 heterocycles. The second-order valence-corrected chi connectivity index (χ2v) is 12.7. The lowest BCUT2D eigenvalue weighted by Crippen LogP contribution is -2.49. The highest BCUT2D eigenvalue weighted by molar-refractivity contribution is 7.92. The van der Waals surface area contributed by atoms with Gasteiger partial charge in [0.25, 0.3) is 10.0 Å². The molecule has 2 aliphatic heterocycles. The molecule has 2 aromatic rings. The van der Waals surface area contributed by atoms with E-state index >= 15 is 0 Å². The van der Waals surface area contributed by atoms with E-state index in [1.807, 2.05) is 13.0 Å². The molecular formula is C19H23NO4S3. The summed E-state index contributed by atoms with van der Waals surface area (Å²) in [5, 5.41) is -0.515. The molecule has 146 valence electrons. The summed E-state index contributed by atoms with van der Waals surface area (Å²) in [6.07, 6.45) is 3.02. The molecule has 2 atom stereocenters. The van der Waals surface area contributed by atoms with E-state index in [1.165, 1.54) is 11.3 Å². The standard InChI is InChI=1S/C19H23NO4S3/c1-2-16-10-11-19(25-16)27(23,24)20-14-8-9-15(20)13-18(12-14)26(21,22)17-6-4-3-5-7-17/h3-7,10-11,14-15,18H,2,8-9,12-13H2,1H3/t14-,15-/m1/s1. The first-order valence-corrected chi connectivity index (χ1v) is 13.1. The molecule has 0 aliphatic carbocycles. The fourth-order valence-electron chi connectivity index (χ4n) is 4.32. The van der Waals surface area contributed by atoms with Gasteiger partial charge >= 0.3 is 0 Å². The van der Waals surface area contributed by atoms with E-state index in [0.29, 0.717) is 21.9 Å². The third kappa shape index (κ3) is 3.26. The fraction of sp³-hybridized carbons (Fsp3) is 0.474. The predicted molar refractivity (Wildman–Crippen MR) is 106 cm³/mol. The van der Waals surface area contributed by atoms with Gasteiger partial charge in [-0.3, -0.25) is 0 Å². The van der Waals surface area contributed by atoms with Crippen molar-refractivity contribution in [1.82, 2.24) is 4.31 Å². The van der Waals surface area contributed by atoms with Gasteiger partial charge in [0.05, 0.1) is 10.1 Å². The van der Waals surface area contributed by atoms with Crippen molar-refractivity contribution >= 4 is 31.2 Å². The van der Waals surface area contributed by atoms with E-state index in [-0.39, 0.29) is 12.1 Å². The molecule has 2 fully saturated rings. The summed E-state index contributed by atoms with van der Waals surface area (Å²) in [6, 6.07) is 11.6. The first-order valence-electron chi connectivity index (χ1n) is 9.25. The third-order valence-corrected chi connectivity index (χ3v) is 11.5. The van der Waals surface area contributed by atoms with E-state index in [9.17, 15) is 16.8 Å². The van der Waals surface area contributed by atoms with Crippen molar-refractivity contribution in [2.75, 3.05) is 0 Å². The number of piperidine rings is 1. The SMILES string of the molecule is CCc1ccc(S(=O)(=O)N2[C@@H]3CC[C@@H]2CC(S(=O)(=O)c2ccccc2)C3)s1. The van der Waals surface area contributed by atoms with E-state index < -0.39 is 25.1 Å². The molecule has 0 amide bonds. The van der Waals surface area contributed by atoms with Crippen molar-refractivity contribution in [2.24, 2.45) is 0 Å². The zero-order valence-electron chi connectivity index (χ0n) is 15.1. The smallest absolute Gasteiger partial charge is 0.223 e. The van der Waals surface area contributed by atoms with E-state index in [4.69, 9.17) is 0 Å². The maximum atomic E-state index is 13.2. The Balaban J connectivity index is 1.61. The monoisotopic (exact) mass is 425 g/mol. The summed E-state index contributed by atoms with van der Waals surface area (Å²) < 4.78 is 54.4. The number of aryl methyl sites for hydroxylation is 1. The van der Waals surface area contributed by atoms with Gasteiger partial charge in [-0.15, -0.1) is 11.3 Å². The van der Waals surface area contributed by atoms with Crippen molar-refractivity contribution in [3.63, 3.8) is 0 Å². The molecular weight excluding hydrogens is 402 g/mol. The molecule has 1 aromatic carbocycles. The maximum Gasteiger partial charge on any atom is 0.253 e. The fourth-order valence-corrected chi connectivity index (χ4v) is 9.49. The molecule has 2 bridgehead atoms. The lowest BCUT2D eigenvalue weighted by atomic mass is 10.1. The number of fused-ring (bicyclic) bond motifs is 2. The summed E-state index contributed by atoms with van der Waals surface area (Å²) >= 11 is 1.32. The van der Waals surface area contributed by atoms with Crippen molar-refractivity contribution in [1.29, 1.82) is 0 Å². The highest BCUT2D eigenvalue weighted by atomic mass is 32.2. The number of sulfone groups is 1. The van der Waals surface area contributed by atoms with Crippen molar-refractivity contribution in [2.45, 2.75) is 65.5 Å². The summed E-state index contributed by atoms with van der Waals surface area (Å²) in [4.78, 5) is 1.37. The minimum Gasteiger partial charge on any atom is -0.223 e. The normalized spacial score (nSPS) is 26.3. The van der Waals surface area contributed by atoms with Gasteiger partial charge in [-0.05, 0) is 56.4 Å². The maximum absolute atomic E-state index is 13.2. The van der Waals surface area contributed by atoms with Gasteiger partial charge in [-0.2, -0.15) is 4.31 Å². The van der Waals surface area contributed by atoms with Gasteiger partial charge in [-0.25, -0.2) is 16.8 Å². The summed E-state index contributed by atoms with van der Waals surface area (Å²) in [7, 11) is -7.00. The van der Waals surface area contributed by atoms with Crippen LogP contribution in [0.4, 0.5) is 0 Å². The highest BCUT2D eigenvalue weighted by Crippen LogP contribution is 2.43. The van der Waals surface area contributed by atoms with Crippen LogP contribution in [-0.4, -0.2) is 38.5 Å². The number of hydrogen-bond donors (Lipinski definition) is 0. The lowest BCUT2D eigenvalue weighted by Gasteiger charge is -2.37. The van der Waals surface area contributed by atoms with E-state index in [2.05, 4.69) is 0 Å². The zero-order chi connectivity index (χ0) is 19.2. The minimum atomic E-state index is -3.56. The van der Waals surface area contributed by atoms with Crippen molar-refractivity contribution in [3.05, 3.63) is 47.3 Å². The quantitative estimate of drug-likeness (QED) is 0.735. The number of hydrogen-bond acceptors (Lipinski definition) is 5. The van der Waals surface area contributed by atoms with Crippen LogP contribution in [-0.2, 0) is 26.3 Å². The number of sulfonamides is 1. The van der Waals surface area contributed by atoms with Gasteiger partial charge in [0, 0.05) is 17.0 Å². The Morgan fingerprint density at radius 2 is 1.59 bits per heavy atom. The minimum absolute atomic E-state index is 0.232. The van der Waals surface area contributed by atoms with Gasteiger partial charge in [0.15, 0.2) is 9.84 Å². The Bertz CT molecular complexity index is 1010. The van der Waals surface area contributed by atoms with Gasteiger partial charge in [0.2, 0.25) is 0 Å². The molecule has 1 aromatic heterocycles. The Morgan fingerprint density at radius 1 is 0.963 bits per heavy atom. The molecule has 0 N–H and O–H groups in total. The highest BCUT2D eigenvalue weighted by Gasteiger charge is 2.50. The number of benzene rings is 1. The predicted octanol–water partition coefficient (Wildman–Crippen LogP) is 3.47. The first kappa shape index (κ1) is 19.1. The van der Waals surface area contributed by atoms with E-state index in [0.717, 1.165) is 24.1 Å². The molecule has 2 aliphatic rings.